The molecule has 138 valence electrons. The maximum absolute atomic E-state index is 12.2. The fourth-order valence-electron chi connectivity index (χ4n) is 3.65. The Labute approximate surface area is 155 Å². The number of hydrogen-bond acceptors (Lipinski definition) is 4. The van der Waals surface area contributed by atoms with Crippen molar-refractivity contribution < 1.29 is 9.53 Å². The molecular formula is C19H28ClN3O2. The minimum Gasteiger partial charge on any atom is -0.378 e. The number of benzene rings is 1. The number of carbonyl (C=O) groups excluding carboxylic acids is 1. The van der Waals surface area contributed by atoms with E-state index in [1.54, 1.807) is 0 Å². The number of para-hydroxylation sites is 1. The number of halogens is 1. The Morgan fingerprint density at radius 1 is 1.20 bits per heavy atom. The number of anilines is 2. The van der Waals surface area contributed by atoms with Crippen molar-refractivity contribution in [1.29, 1.82) is 0 Å². The molecule has 2 aliphatic rings. The molecule has 1 saturated heterocycles. The normalized spacial score (nSPS) is 18.8. The van der Waals surface area contributed by atoms with Crippen LogP contribution in [0.5, 0.6) is 0 Å². The summed E-state index contributed by atoms with van der Waals surface area (Å²) in [5, 5.41) is 7.03. The fourth-order valence-corrected chi connectivity index (χ4v) is 3.95. The van der Waals surface area contributed by atoms with Gasteiger partial charge in [0, 0.05) is 19.6 Å². The Bertz CT molecular complexity index is 570. The van der Waals surface area contributed by atoms with E-state index in [9.17, 15) is 4.79 Å². The summed E-state index contributed by atoms with van der Waals surface area (Å²) >= 11 is 6.42. The standard InChI is InChI=1S/C19H28ClN3O2/c20-16-7-4-8-17(19(16)23-9-11-25-12-10-23)21-14-18(24)22-13-15-5-2-1-3-6-15/h4,7-8,15,21H,1-3,5-6,9-14H2,(H,22,24). The molecule has 2 fully saturated rings. The van der Waals surface area contributed by atoms with Gasteiger partial charge in [0.05, 0.1) is 36.2 Å². The van der Waals surface area contributed by atoms with Gasteiger partial charge in [0.1, 0.15) is 0 Å². The van der Waals surface area contributed by atoms with E-state index in [-0.39, 0.29) is 12.5 Å². The van der Waals surface area contributed by atoms with Gasteiger partial charge in [-0.05, 0) is 30.9 Å². The van der Waals surface area contributed by atoms with Gasteiger partial charge in [-0.1, -0.05) is 36.9 Å². The van der Waals surface area contributed by atoms with Crippen molar-refractivity contribution in [3.05, 3.63) is 23.2 Å². The van der Waals surface area contributed by atoms with E-state index < -0.39 is 0 Å². The van der Waals surface area contributed by atoms with Gasteiger partial charge in [0.25, 0.3) is 0 Å². The third kappa shape index (κ3) is 5.25. The molecular weight excluding hydrogens is 338 g/mol. The number of carbonyl (C=O) groups is 1. The number of morpholine rings is 1. The molecule has 1 amide bonds. The summed E-state index contributed by atoms with van der Waals surface area (Å²) in [7, 11) is 0. The second-order valence-corrected chi connectivity index (χ2v) is 7.30. The van der Waals surface area contributed by atoms with E-state index in [2.05, 4.69) is 15.5 Å². The number of amides is 1. The highest BCUT2D eigenvalue weighted by Crippen LogP contribution is 2.34. The average molecular weight is 366 g/mol. The van der Waals surface area contributed by atoms with Gasteiger partial charge in [-0.3, -0.25) is 4.79 Å². The van der Waals surface area contributed by atoms with Crippen LogP contribution in [0.1, 0.15) is 32.1 Å². The molecule has 3 rings (SSSR count). The van der Waals surface area contributed by atoms with Crippen molar-refractivity contribution in [1.82, 2.24) is 5.32 Å². The minimum absolute atomic E-state index is 0.0403. The first kappa shape index (κ1) is 18.3. The molecule has 2 N–H and O–H groups in total. The topological polar surface area (TPSA) is 53.6 Å². The lowest BCUT2D eigenvalue weighted by molar-refractivity contribution is -0.119. The zero-order valence-electron chi connectivity index (χ0n) is 14.7. The zero-order chi connectivity index (χ0) is 17.5. The summed E-state index contributed by atoms with van der Waals surface area (Å²) in [6, 6.07) is 5.78. The third-order valence-electron chi connectivity index (χ3n) is 5.07. The first-order valence-corrected chi connectivity index (χ1v) is 9.73. The van der Waals surface area contributed by atoms with E-state index in [4.69, 9.17) is 16.3 Å². The molecule has 1 heterocycles. The average Bonchev–Trinajstić information content (AvgIpc) is 2.66. The van der Waals surface area contributed by atoms with Gasteiger partial charge in [0.2, 0.25) is 5.91 Å². The van der Waals surface area contributed by atoms with Crippen LogP contribution in [0, 0.1) is 5.92 Å². The quantitative estimate of drug-likeness (QED) is 0.812. The Hall–Kier alpha value is -1.46. The van der Waals surface area contributed by atoms with Gasteiger partial charge in [-0.15, -0.1) is 0 Å². The molecule has 0 unspecified atom stereocenters. The van der Waals surface area contributed by atoms with Crippen LogP contribution in [0.15, 0.2) is 18.2 Å². The van der Waals surface area contributed by atoms with Crippen molar-refractivity contribution in [2.24, 2.45) is 5.92 Å². The Morgan fingerprint density at radius 2 is 1.96 bits per heavy atom. The predicted octanol–water partition coefficient (Wildman–Crippen LogP) is 3.29. The smallest absolute Gasteiger partial charge is 0.239 e. The number of hydrogen-bond donors (Lipinski definition) is 2. The lowest BCUT2D eigenvalue weighted by Gasteiger charge is -2.31. The Balaban J connectivity index is 1.53. The van der Waals surface area contributed by atoms with Crippen LogP contribution in [0.3, 0.4) is 0 Å². The number of rotatable bonds is 6. The monoisotopic (exact) mass is 365 g/mol. The van der Waals surface area contributed by atoms with Gasteiger partial charge >= 0.3 is 0 Å². The second-order valence-electron chi connectivity index (χ2n) is 6.90. The summed E-state index contributed by atoms with van der Waals surface area (Å²) in [6.45, 7) is 4.09. The SMILES string of the molecule is O=C(CNc1cccc(Cl)c1N1CCOCC1)NCC1CCCCC1. The first-order valence-electron chi connectivity index (χ1n) is 9.36. The second kappa shape index (κ2) is 9.30. The van der Waals surface area contributed by atoms with Crippen LogP contribution in [-0.4, -0.2) is 45.3 Å². The Morgan fingerprint density at radius 3 is 2.72 bits per heavy atom. The number of ether oxygens (including phenoxy) is 1. The molecule has 0 atom stereocenters. The molecule has 0 bridgehead atoms. The molecule has 25 heavy (non-hydrogen) atoms. The fraction of sp³-hybridized carbons (Fsp3) is 0.632. The molecule has 1 saturated carbocycles. The van der Waals surface area contributed by atoms with Gasteiger partial charge in [-0.25, -0.2) is 0 Å². The van der Waals surface area contributed by atoms with Crippen molar-refractivity contribution >= 4 is 28.9 Å². The van der Waals surface area contributed by atoms with Crippen LogP contribution in [0.2, 0.25) is 5.02 Å². The lowest BCUT2D eigenvalue weighted by atomic mass is 9.89. The van der Waals surface area contributed by atoms with Crippen LogP contribution in [-0.2, 0) is 9.53 Å². The lowest BCUT2D eigenvalue weighted by Crippen LogP contribution is -2.37. The molecule has 1 aromatic rings. The summed E-state index contributed by atoms with van der Waals surface area (Å²) in [5.41, 5.74) is 1.87. The van der Waals surface area contributed by atoms with E-state index in [1.165, 1.54) is 32.1 Å². The largest absolute Gasteiger partial charge is 0.378 e. The molecule has 0 aromatic heterocycles. The highest BCUT2D eigenvalue weighted by Gasteiger charge is 2.18. The van der Waals surface area contributed by atoms with Crippen molar-refractivity contribution in [3.8, 4) is 0 Å². The maximum Gasteiger partial charge on any atom is 0.239 e. The van der Waals surface area contributed by atoms with E-state index in [1.807, 2.05) is 18.2 Å². The molecule has 1 aromatic carbocycles. The zero-order valence-corrected chi connectivity index (χ0v) is 15.5. The molecule has 5 nitrogen and oxygen atoms in total. The molecule has 6 heteroatoms. The van der Waals surface area contributed by atoms with Crippen molar-refractivity contribution in [3.63, 3.8) is 0 Å². The van der Waals surface area contributed by atoms with Gasteiger partial charge in [-0.2, -0.15) is 0 Å². The van der Waals surface area contributed by atoms with E-state index >= 15 is 0 Å². The summed E-state index contributed by atoms with van der Waals surface area (Å²) in [5.74, 6) is 0.686. The molecule has 1 aliphatic heterocycles. The maximum atomic E-state index is 12.2. The highest BCUT2D eigenvalue weighted by atomic mass is 35.5. The molecule has 0 radical (unpaired) electrons. The van der Waals surface area contributed by atoms with Crippen LogP contribution in [0.4, 0.5) is 11.4 Å². The first-order chi connectivity index (χ1) is 12.2. The minimum atomic E-state index is 0.0403. The van der Waals surface area contributed by atoms with E-state index in [0.717, 1.165) is 31.0 Å². The molecule has 0 spiro atoms. The van der Waals surface area contributed by atoms with Crippen LogP contribution in [0.25, 0.3) is 0 Å². The highest BCUT2D eigenvalue weighted by molar-refractivity contribution is 6.34. The number of nitrogens with one attached hydrogen (secondary N) is 2. The van der Waals surface area contributed by atoms with Gasteiger partial charge in [0.15, 0.2) is 0 Å². The van der Waals surface area contributed by atoms with Crippen LogP contribution < -0.4 is 15.5 Å². The Kier molecular flexibility index (Phi) is 6.82. The number of nitrogens with zero attached hydrogens (tertiary/aromatic N) is 1. The van der Waals surface area contributed by atoms with Crippen molar-refractivity contribution in [2.45, 2.75) is 32.1 Å². The summed E-state index contributed by atoms with van der Waals surface area (Å²) in [6.07, 6.45) is 6.41. The van der Waals surface area contributed by atoms with Gasteiger partial charge < -0.3 is 20.3 Å². The molecule has 1 aliphatic carbocycles. The predicted molar refractivity (Wildman–Crippen MR) is 103 cm³/mol. The summed E-state index contributed by atoms with van der Waals surface area (Å²) < 4.78 is 5.42. The third-order valence-corrected chi connectivity index (χ3v) is 5.37. The van der Waals surface area contributed by atoms with Crippen molar-refractivity contribution in [2.75, 3.05) is 49.6 Å². The van der Waals surface area contributed by atoms with Crippen LogP contribution >= 0.6 is 11.6 Å². The summed E-state index contributed by atoms with van der Waals surface area (Å²) in [4.78, 5) is 14.4. The van der Waals surface area contributed by atoms with E-state index in [0.29, 0.717) is 24.2 Å².